The average molecular weight is 251 g/mol. The third-order valence-electron chi connectivity index (χ3n) is 3.53. The molecule has 0 unspecified atom stereocenters. The molecule has 0 radical (unpaired) electrons. The standard InChI is InChI=1S/C13H21N3O2/c1-3-13(4-2,9-17)8-16-11-6-5-10(7-15-11)12(14)18/h5-7,17H,3-4,8-9H2,1-2H3,(H2,14,18)(H,15,16). The number of rotatable bonds is 7. The summed E-state index contributed by atoms with van der Waals surface area (Å²) in [6.07, 6.45) is 3.24. The normalized spacial score (nSPS) is 11.3. The van der Waals surface area contributed by atoms with Crippen LogP contribution < -0.4 is 11.1 Å². The summed E-state index contributed by atoms with van der Waals surface area (Å²) < 4.78 is 0. The smallest absolute Gasteiger partial charge is 0.250 e. The van der Waals surface area contributed by atoms with Gasteiger partial charge >= 0.3 is 0 Å². The van der Waals surface area contributed by atoms with Crippen LogP contribution in [0.2, 0.25) is 0 Å². The number of amides is 1. The number of carbonyl (C=O) groups excluding carboxylic acids is 1. The average Bonchev–Trinajstić information content (AvgIpc) is 2.41. The van der Waals surface area contributed by atoms with Gasteiger partial charge in [-0.2, -0.15) is 0 Å². The van der Waals surface area contributed by atoms with E-state index in [1.54, 1.807) is 12.1 Å². The molecule has 1 heterocycles. The fourth-order valence-electron chi connectivity index (χ4n) is 1.70. The SMILES string of the molecule is CCC(CC)(CO)CNc1ccc(C(N)=O)cn1. The van der Waals surface area contributed by atoms with Crippen molar-refractivity contribution in [2.45, 2.75) is 26.7 Å². The lowest BCUT2D eigenvalue weighted by atomic mass is 9.83. The van der Waals surface area contributed by atoms with Crippen LogP contribution in [0.1, 0.15) is 37.0 Å². The molecule has 18 heavy (non-hydrogen) atoms. The van der Waals surface area contributed by atoms with Gasteiger partial charge in [0.05, 0.1) is 12.2 Å². The predicted octanol–water partition coefficient (Wildman–Crippen LogP) is 1.39. The zero-order chi connectivity index (χ0) is 13.6. The minimum atomic E-state index is -0.485. The molecule has 1 amide bonds. The maximum absolute atomic E-state index is 10.9. The molecule has 0 fully saturated rings. The zero-order valence-electron chi connectivity index (χ0n) is 10.9. The van der Waals surface area contributed by atoms with Crippen LogP contribution in [0.15, 0.2) is 18.3 Å². The van der Waals surface area contributed by atoms with Crippen molar-refractivity contribution >= 4 is 11.7 Å². The number of nitrogens with one attached hydrogen (secondary N) is 1. The number of nitrogens with two attached hydrogens (primary N) is 1. The van der Waals surface area contributed by atoms with E-state index in [0.29, 0.717) is 17.9 Å². The van der Waals surface area contributed by atoms with Crippen LogP contribution in [0.4, 0.5) is 5.82 Å². The van der Waals surface area contributed by atoms with Gasteiger partial charge < -0.3 is 16.2 Å². The van der Waals surface area contributed by atoms with Crippen molar-refractivity contribution < 1.29 is 9.90 Å². The van der Waals surface area contributed by atoms with Crippen LogP contribution in [0, 0.1) is 5.41 Å². The topological polar surface area (TPSA) is 88.2 Å². The van der Waals surface area contributed by atoms with Gasteiger partial charge in [-0.25, -0.2) is 4.98 Å². The molecule has 0 bridgehead atoms. The van der Waals surface area contributed by atoms with E-state index < -0.39 is 5.91 Å². The molecule has 100 valence electrons. The Kier molecular flexibility index (Phi) is 5.09. The molecular weight excluding hydrogens is 230 g/mol. The first kappa shape index (κ1) is 14.4. The molecule has 0 aliphatic carbocycles. The summed E-state index contributed by atoms with van der Waals surface area (Å²) >= 11 is 0. The van der Waals surface area contributed by atoms with Crippen molar-refractivity contribution in [3.63, 3.8) is 0 Å². The number of aliphatic hydroxyl groups is 1. The minimum absolute atomic E-state index is 0.121. The van der Waals surface area contributed by atoms with Crippen molar-refractivity contribution in [1.82, 2.24) is 4.98 Å². The Morgan fingerprint density at radius 3 is 2.50 bits per heavy atom. The summed E-state index contributed by atoms with van der Waals surface area (Å²) in [6.45, 7) is 4.92. The van der Waals surface area contributed by atoms with Crippen LogP contribution in [0.5, 0.6) is 0 Å². The number of aliphatic hydroxyl groups excluding tert-OH is 1. The van der Waals surface area contributed by atoms with E-state index >= 15 is 0 Å². The highest BCUT2D eigenvalue weighted by atomic mass is 16.3. The van der Waals surface area contributed by atoms with Gasteiger partial charge in [0, 0.05) is 18.2 Å². The number of hydrogen-bond donors (Lipinski definition) is 3. The van der Waals surface area contributed by atoms with E-state index in [-0.39, 0.29) is 12.0 Å². The van der Waals surface area contributed by atoms with Gasteiger partial charge in [0.15, 0.2) is 0 Å². The zero-order valence-corrected chi connectivity index (χ0v) is 10.9. The van der Waals surface area contributed by atoms with E-state index in [1.807, 2.05) is 0 Å². The molecule has 0 saturated heterocycles. The molecule has 4 N–H and O–H groups in total. The molecule has 0 saturated carbocycles. The molecular formula is C13H21N3O2. The summed E-state index contributed by atoms with van der Waals surface area (Å²) in [5.41, 5.74) is 5.41. The fraction of sp³-hybridized carbons (Fsp3) is 0.538. The Hall–Kier alpha value is -1.62. The highest BCUT2D eigenvalue weighted by molar-refractivity contribution is 5.92. The van der Waals surface area contributed by atoms with E-state index in [1.165, 1.54) is 6.20 Å². The molecule has 0 aromatic carbocycles. The number of pyridine rings is 1. The largest absolute Gasteiger partial charge is 0.396 e. The first-order valence-electron chi connectivity index (χ1n) is 6.17. The molecule has 0 aliphatic heterocycles. The van der Waals surface area contributed by atoms with Crippen LogP contribution in [-0.4, -0.2) is 29.1 Å². The van der Waals surface area contributed by atoms with Gasteiger partial charge in [-0.1, -0.05) is 13.8 Å². The van der Waals surface area contributed by atoms with Gasteiger partial charge in [0.25, 0.3) is 0 Å². The van der Waals surface area contributed by atoms with Gasteiger partial charge in [0.1, 0.15) is 5.82 Å². The highest BCUT2D eigenvalue weighted by Crippen LogP contribution is 2.25. The van der Waals surface area contributed by atoms with Crippen molar-refractivity contribution in [2.75, 3.05) is 18.5 Å². The Bertz CT molecular complexity index is 377. The molecule has 0 spiro atoms. The van der Waals surface area contributed by atoms with Gasteiger partial charge in [0.2, 0.25) is 5.91 Å². The molecule has 0 atom stereocenters. The summed E-state index contributed by atoms with van der Waals surface area (Å²) in [7, 11) is 0. The number of anilines is 1. The third kappa shape index (κ3) is 3.43. The fourth-order valence-corrected chi connectivity index (χ4v) is 1.70. The maximum atomic E-state index is 10.9. The van der Waals surface area contributed by atoms with Crippen LogP contribution in [-0.2, 0) is 0 Å². The number of hydrogen-bond acceptors (Lipinski definition) is 4. The maximum Gasteiger partial charge on any atom is 0.250 e. The molecule has 1 aromatic heterocycles. The number of carbonyl (C=O) groups is 1. The second-order valence-electron chi connectivity index (χ2n) is 4.52. The number of aromatic nitrogens is 1. The lowest BCUT2D eigenvalue weighted by Crippen LogP contribution is -2.32. The van der Waals surface area contributed by atoms with E-state index in [9.17, 15) is 9.90 Å². The monoisotopic (exact) mass is 251 g/mol. The highest BCUT2D eigenvalue weighted by Gasteiger charge is 2.24. The van der Waals surface area contributed by atoms with Crippen molar-refractivity contribution in [3.05, 3.63) is 23.9 Å². The Morgan fingerprint density at radius 2 is 2.11 bits per heavy atom. The predicted molar refractivity (Wildman–Crippen MR) is 71.3 cm³/mol. The Labute approximate surface area is 107 Å². The first-order chi connectivity index (χ1) is 8.56. The molecule has 5 heteroatoms. The second-order valence-corrected chi connectivity index (χ2v) is 4.52. The van der Waals surface area contributed by atoms with Crippen molar-refractivity contribution in [1.29, 1.82) is 0 Å². The Balaban J connectivity index is 2.65. The summed E-state index contributed by atoms with van der Waals surface area (Å²) in [5.74, 6) is 0.195. The minimum Gasteiger partial charge on any atom is -0.396 e. The second kappa shape index (κ2) is 6.35. The van der Waals surface area contributed by atoms with Crippen LogP contribution in [0.25, 0.3) is 0 Å². The summed E-state index contributed by atoms with van der Waals surface area (Å²) in [4.78, 5) is 15.0. The quantitative estimate of drug-likeness (QED) is 0.683. The van der Waals surface area contributed by atoms with Crippen molar-refractivity contribution in [3.8, 4) is 0 Å². The van der Waals surface area contributed by atoms with E-state index in [4.69, 9.17) is 5.73 Å². The Morgan fingerprint density at radius 1 is 1.44 bits per heavy atom. The lowest BCUT2D eigenvalue weighted by molar-refractivity contribution is 0.1000. The lowest BCUT2D eigenvalue weighted by Gasteiger charge is -2.29. The van der Waals surface area contributed by atoms with Gasteiger partial charge in [-0.3, -0.25) is 4.79 Å². The first-order valence-corrected chi connectivity index (χ1v) is 6.17. The van der Waals surface area contributed by atoms with Crippen LogP contribution in [0.3, 0.4) is 0 Å². The summed E-state index contributed by atoms with van der Waals surface area (Å²) in [6, 6.07) is 3.35. The summed E-state index contributed by atoms with van der Waals surface area (Å²) in [5, 5.41) is 12.6. The number of nitrogens with zero attached hydrogens (tertiary/aromatic N) is 1. The van der Waals surface area contributed by atoms with Crippen LogP contribution >= 0.6 is 0 Å². The van der Waals surface area contributed by atoms with Gasteiger partial charge in [-0.15, -0.1) is 0 Å². The number of primary amides is 1. The van der Waals surface area contributed by atoms with E-state index in [0.717, 1.165) is 12.8 Å². The molecule has 1 rings (SSSR count). The molecule has 5 nitrogen and oxygen atoms in total. The van der Waals surface area contributed by atoms with Gasteiger partial charge in [-0.05, 0) is 25.0 Å². The van der Waals surface area contributed by atoms with Crippen molar-refractivity contribution in [2.24, 2.45) is 11.1 Å². The van der Waals surface area contributed by atoms with E-state index in [2.05, 4.69) is 24.1 Å². The third-order valence-corrected chi connectivity index (χ3v) is 3.53. The molecule has 0 aliphatic rings. The molecule has 1 aromatic rings.